The first-order chi connectivity index (χ1) is 17.1. The number of amides is 1. The Hall–Kier alpha value is -0.810. The van der Waals surface area contributed by atoms with Crippen LogP contribution < -0.4 is 32.7 Å². The Bertz CT molecular complexity index is 647. The quantitative estimate of drug-likeness (QED) is 0.231. The molecule has 2 saturated carbocycles. The van der Waals surface area contributed by atoms with Crippen LogP contribution in [0.15, 0.2) is 0 Å². The van der Waals surface area contributed by atoms with Gasteiger partial charge in [0.1, 0.15) is 0 Å². The molecule has 8 atom stereocenters. The van der Waals surface area contributed by atoms with Crippen LogP contribution in [-0.4, -0.2) is 80.8 Å². The smallest absolute Gasteiger partial charge is 0.223 e. The van der Waals surface area contributed by atoms with Gasteiger partial charge in [0, 0.05) is 56.8 Å². The lowest BCUT2D eigenvalue weighted by Gasteiger charge is -2.40. The van der Waals surface area contributed by atoms with Crippen LogP contribution in [0, 0.1) is 17.8 Å². The predicted octanol–water partition coefficient (Wildman–Crippen LogP) is 0.647. The molecule has 0 aromatic rings. The van der Waals surface area contributed by atoms with Gasteiger partial charge >= 0.3 is 0 Å². The predicted molar refractivity (Wildman–Crippen MR) is 139 cm³/mol. The second-order valence-electron chi connectivity index (χ2n) is 11.4. The summed E-state index contributed by atoms with van der Waals surface area (Å²) in [6.07, 6.45) is 11.2. The van der Waals surface area contributed by atoms with Gasteiger partial charge < -0.3 is 32.2 Å². The zero-order valence-corrected chi connectivity index (χ0v) is 21.9. The van der Waals surface area contributed by atoms with Crippen molar-refractivity contribution in [3.05, 3.63) is 0 Å². The number of carbonyl (C=O) groups is 1. The lowest BCUT2D eigenvalue weighted by atomic mass is 9.78. The van der Waals surface area contributed by atoms with E-state index in [1.54, 1.807) is 0 Å². The van der Waals surface area contributed by atoms with Crippen LogP contribution in [0.3, 0.4) is 0 Å². The van der Waals surface area contributed by atoms with Crippen LogP contribution in [0.4, 0.5) is 0 Å². The van der Waals surface area contributed by atoms with Crippen molar-refractivity contribution < 1.29 is 9.53 Å². The van der Waals surface area contributed by atoms with E-state index in [9.17, 15) is 4.79 Å². The van der Waals surface area contributed by atoms with Gasteiger partial charge in [-0.25, -0.2) is 0 Å². The number of fused-ring (bicyclic) bond motifs is 1. The summed E-state index contributed by atoms with van der Waals surface area (Å²) in [6, 6.07) is 0.588. The van der Waals surface area contributed by atoms with Gasteiger partial charge in [0.15, 0.2) is 0 Å². The largest absolute Gasteiger partial charge is 0.378 e. The van der Waals surface area contributed by atoms with Gasteiger partial charge in [-0.1, -0.05) is 19.8 Å². The number of hydrogen-bond acceptors (Lipinski definition) is 8. The van der Waals surface area contributed by atoms with Crippen molar-refractivity contribution in [2.75, 3.05) is 39.5 Å². The molecule has 2 aliphatic heterocycles. The van der Waals surface area contributed by atoms with Crippen LogP contribution in [0.5, 0.6) is 0 Å². The van der Waals surface area contributed by atoms with Gasteiger partial charge in [-0.05, 0) is 63.8 Å². The highest BCUT2D eigenvalue weighted by molar-refractivity contribution is 5.78. The summed E-state index contributed by atoms with van der Waals surface area (Å²) in [4.78, 5) is 15.3. The molecule has 8 N–H and O–H groups in total. The lowest BCUT2D eigenvalue weighted by molar-refractivity contribution is -0.126. The van der Waals surface area contributed by atoms with Crippen molar-refractivity contribution in [2.24, 2.45) is 29.2 Å². The van der Waals surface area contributed by atoms with Gasteiger partial charge in [0.25, 0.3) is 0 Å². The standard InChI is InChI=1S/C26H51N7O2/c1-2-12-33(25(28)22-9-11-29-17-32-22)23(27)16-30-21-8-4-6-19(14-21)26(34)31-15-20-7-3-5-18-10-13-35-24(18)20/h18-25,29-30,32H,2-17,27-28H2,1H3,(H,31,34). The fraction of sp³-hybridized carbons (Fsp3) is 0.962. The molecule has 202 valence electrons. The van der Waals surface area contributed by atoms with E-state index in [1.165, 1.54) is 25.7 Å². The average molecular weight is 494 g/mol. The maximum atomic E-state index is 13.0. The summed E-state index contributed by atoms with van der Waals surface area (Å²) < 4.78 is 6.02. The topological polar surface area (TPSA) is 130 Å². The minimum absolute atomic E-state index is 0.0919. The summed E-state index contributed by atoms with van der Waals surface area (Å²) in [5.41, 5.74) is 13.3. The first-order valence-electron chi connectivity index (χ1n) is 14.4. The maximum absolute atomic E-state index is 13.0. The second kappa shape index (κ2) is 13.7. The molecular weight excluding hydrogens is 442 g/mol. The van der Waals surface area contributed by atoms with E-state index in [2.05, 4.69) is 33.1 Å². The minimum Gasteiger partial charge on any atom is -0.378 e. The van der Waals surface area contributed by atoms with Crippen molar-refractivity contribution in [2.45, 2.75) is 102 Å². The zero-order valence-electron chi connectivity index (χ0n) is 21.9. The Balaban J connectivity index is 1.21. The van der Waals surface area contributed by atoms with Gasteiger partial charge in [0.05, 0.1) is 18.4 Å². The first-order valence-corrected chi connectivity index (χ1v) is 14.4. The van der Waals surface area contributed by atoms with E-state index in [0.717, 1.165) is 71.4 Å². The van der Waals surface area contributed by atoms with E-state index in [-0.39, 0.29) is 30.2 Å². The lowest BCUT2D eigenvalue weighted by Crippen LogP contribution is -2.65. The summed E-state index contributed by atoms with van der Waals surface area (Å²) in [5.74, 6) is 1.52. The van der Waals surface area contributed by atoms with E-state index >= 15 is 0 Å². The number of carbonyl (C=O) groups excluding carboxylic acids is 1. The molecule has 0 bridgehead atoms. The molecule has 0 aromatic carbocycles. The fourth-order valence-corrected chi connectivity index (χ4v) is 6.87. The van der Waals surface area contributed by atoms with Crippen LogP contribution in [0.1, 0.15) is 71.1 Å². The van der Waals surface area contributed by atoms with Gasteiger partial charge in [-0.15, -0.1) is 0 Å². The van der Waals surface area contributed by atoms with Crippen LogP contribution in [0.25, 0.3) is 0 Å². The second-order valence-corrected chi connectivity index (χ2v) is 11.4. The summed E-state index contributed by atoms with van der Waals surface area (Å²) in [7, 11) is 0. The number of nitrogens with two attached hydrogens (primary N) is 2. The molecule has 0 aromatic heterocycles. The normalized spacial score (nSPS) is 35.4. The Morgan fingerprint density at radius 1 is 1.14 bits per heavy atom. The molecule has 0 radical (unpaired) electrons. The third kappa shape index (κ3) is 7.37. The zero-order chi connectivity index (χ0) is 24.6. The van der Waals surface area contributed by atoms with Gasteiger partial charge in [0.2, 0.25) is 5.91 Å². The molecule has 9 nitrogen and oxygen atoms in total. The van der Waals surface area contributed by atoms with E-state index in [0.29, 0.717) is 30.5 Å². The maximum Gasteiger partial charge on any atom is 0.223 e. The average Bonchev–Trinajstić information content (AvgIpc) is 3.39. The Morgan fingerprint density at radius 2 is 2.00 bits per heavy atom. The Labute approximate surface area is 212 Å². The molecule has 0 spiro atoms. The van der Waals surface area contributed by atoms with Crippen molar-refractivity contribution in [1.29, 1.82) is 0 Å². The molecule has 1 amide bonds. The van der Waals surface area contributed by atoms with Crippen LogP contribution >= 0.6 is 0 Å². The molecule has 8 unspecified atom stereocenters. The van der Waals surface area contributed by atoms with Crippen molar-refractivity contribution in [3.8, 4) is 0 Å². The number of ether oxygens (including phenoxy) is 1. The number of hydrogen-bond donors (Lipinski definition) is 6. The summed E-state index contributed by atoms with van der Waals surface area (Å²) >= 11 is 0. The van der Waals surface area contributed by atoms with Gasteiger partial charge in [-0.3, -0.25) is 15.0 Å². The highest BCUT2D eigenvalue weighted by atomic mass is 16.5. The minimum atomic E-state index is -0.138. The van der Waals surface area contributed by atoms with Crippen molar-refractivity contribution >= 4 is 5.91 Å². The van der Waals surface area contributed by atoms with E-state index in [1.807, 2.05) is 0 Å². The Kier molecular flexibility index (Phi) is 10.6. The molecule has 2 saturated heterocycles. The third-order valence-corrected chi connectivity index (χ3v) is 8.90. The SMILES string of the molecule is CCCN(C(N)CNC1CCCC(C(=O)NCC2CCCC3CCOC32)C1)C(N)C1CCNCN1. The molecule has 9 heteroatoms. The summed E-state index contributed by atoms with van der Waals surface area (Å²) in [5, 5.41) is 13.8. The van der Waals surface area contributed by atoms with Crippen molar-refractivity contribution in [1.82, 2.24) is 26.2 Å². The number of nitrogens with zero attached hydrogens (tertiary/aromatic N) is 1. The summed E-state index contributed by atoms with van der Waals surface area (Å²) in [6.45, 7) is 7.21. The molecule has 4 rings (SSSR count). The fourth-order valence-electron chi connectivity index (χ4n) is 6.87. The van der Waals surface area contributed by atoms with Crippen LogP contribution in [-0.2, 0) is 9.53 Å². The van der Waals surface area contributed by atoms with E-state index in [4.69, 9.17) is 16.2 Å². The van der Waals surface area contributed by atoms with Crippen LogP contribution in [0.2, 0.25) is 0 Å². The molecule has 4 fully saturated rings. The molecule has 2 heterocycles. The van der Waals surface area contributed by atoms with Crippen molar-refractivity contribution in [3.63, 3.8) is 0 Å². The number of nitrogens with one attached hydrogen (secondary N) is 4. The van der Waals surface area contributed by atoms with Gasteiger partial charge in [-0.2, -0.15) is 0 Å². The monoisotopic (exact) mass is 493 g/mol. The Morgan fingerprint density at radius 3 is 2.80 bits per heavy atom. The number of rotatable bonds is 11. The molecule has 4 aliphatic rings. The molecular formula is C26H51N7O2. The molecule has 35 heavy (non-hydrogen) atoms. The molecule has 2 aliphatic carbocycles. The highest BCUT2D eigenvalue weighted by Crippen LogP contribution is 2.37. The highest BCUT2D eigenvalue weighted by Gasteiger charge is 2.38. The third-order valence-electron chi connectivity index (χ3n) is 8.90. The first kappa shape index (κ1) is 27.2. The van der Waals surface area contributed by atoms with E-state index < -0.39 is 0 Å².